The minimum Gasteiger partial charge on any atom is -0.322 e. The van der Waals surface area contributed by atoms with Crippen molar-refractivity contribution in [1.82, 2.24) is 5.06 Å². The number of carbonyl (C=O) groups is 2. The number of aliphatic imine (C=N–C) groups is 1. The lowest BCUT2D eigenvalue weighted by Gasteiger charge is -2.21. The van der Waals surface area contributed by atoms with E-state index in [4.69, 9.17) is 0 Å². The van der Waals surface area contributed by atoms with E-state index in [1.54, 1.807) is 12.1 Å². The monoisotopic (exact) mass is 337 g/mol. The van der Waals surface area contributed by atoms with Gasteiger partial charge in [0, 0.05) is 17.5 Å². The van der Waals surface area contributed by atoms with Crippen LogP contribution >= 0.6 is 0 Å². The number of hydrogen-bond donors (Lipinski definition) is 2. The molecule has 0 aliphatic carbocycles. The van der Waals surface area contributed by atoms with E-state index in [2.05, 4.69) is 10.3 Å². The lowest BCUT2D eigenvalue weighted by molar-refractivity contribution is -0.177. The maximum absolute atomic E-state index is 12.5. The number of rotatable bonds is 4. The zero-order chi connectivity index (χ0) is 17.8. The highest BCUT2D eigenvalue weighted by Crippen LogP contribution is 2.24. The average molecular weight is 337 g/mol. The van der Waals surface area contributed by atoms with Crippen LogP contribution in [-0.2, 0) is 9.59 Å². The van der Waals surface area contributed by atoms with E-state index in [1.165, 1.54) is 0 Å². The molecular weight excluding hydrogens is 318 g/mol. The fraction of sp³-hybridized carbons (Fsp3) is 0.211. The molecule has 2 N–H and O–H groups in total. The Morgan fingerprint density at radius 3 is 2.56 bits per heavy atom. The molecule has 3 rings (SSSR count). The molecule has 0 saturated carbocycles. The molecule has 128 valence electrons. The van der Waals surface area contributed by atoms with Crippen molar-refractivity contribution in [3.8, 4) is 0 Å². The quantitative estimate of drug-likeness (QED) is 0.665. The van der Waals surface area contributed by atoms with Gasteiger partial charge in [0.15, 0.2) is 0 Å². The van der Waals surface area contributed by atoms with E-state index in [-0.39, 0.29) is 6.42 Å². The highest BCUT2D eigenvalue weighted by Gasteiger charge is 2.32. The summed E-state index contributed by atoms with van der Waals surface area (Å²) in [4.78, 5) is 29.0. The van der Waals surface area contributed by atoms with Crippen molar-refractivity contribution < 1.29 is 14.8 Å². The van der Waals surface area contributed by atoms with Crippen molar-refractivity contribution in [2.45, 2.75) is 25.9 Å². The van der Waals surface area contributed by atoms with Crippen LogP contribution < -0.4 is 5.32 Å². The van der Waals surface area contributed by atoms with E-state index in [0.29, 0.717) is 22.9 Å². The number of carbonyl (C=O) groups excluding carboxylic acids is 2. The van der Waals surface area contributed by atoms with Crippen LogP contribution in [0.3, 0.4) is 0 Å². The fourth-order valence-electron chi connectivity index (χ4n) is 2.70. The standard InChI is InChI=1S/C19H19N3O3/c1-2-8-16(23)22(25)18-19(24)20-15-12-7-6-11-14(15)17(21-18)13-9-4-3-5-10-13/h3-7,9-12,18,25H,2,8H2,1H3,(H,20,24)/t18-/m0/s1. The number of hydrogen-bond acceptors (Lipinski definition) is 4. The molecule has 0 radical (unpaired) electrons. The van der Waals surface area contributed by atoms with Gasteiger partial charge in [0.05, 0.1) is 11.4 Å². The Hall–Kier alpha value is -2.99. The van der Waals surface area contributed by atoms with Crippen LogP contribution in [0.5, 0.6) is 0 Å². The molecule has 6 heteroatoms. The second kappa shape index (κ2) is 7.27. The van der Waals surface area contributed by atoms with Crippen molar-refractivity contribution in [3.05, 3.63) is 65.7 Å². The van der Waals surface area contributed by atoms with Gasteiger partial charge < -0.3 is 5.32 Å². The molecular formula is C19H19N3O3. The van der Waals surface area contributed by atoms with Crippen LogP contribution in [0.25, 0.3) is 0 Å². The highest BCUT2D eigenvalue weighted by molar-refractivity contribution is 6.19. The number of fused-ring (bicyclic) bond motifs is 1. The van der Waals surface area contributed by atoms with Crippen molar-refractivity contribution in [3.63, 3.8) is 0 Å². The normalized spacial score (nSPS) is 16.3. The molecule has 25 heavy (non-hydrogen) atoms. The van der Waals surface area contributed by atoms with Gasteiger partial charge in [0.1, 0.15) is 0 Å². The van der Waals surface area contributed by atoms with Gasteiger partial charge in [-0.2, -0.15) is 5.06 Å². The largest absolute Gasteiger partial charge is 0.322 e. The van der Waals surface area contributed by atoms with E-state index in [9.17, 15) is 14.8 Å². The lowest BCUT2D eigenvalue weighted by Crippen LogP contribution is -2.44. The van der Waals surface area contributed by atoms with Gasteiger partial charge in [-0.25, -0.2) is 4.99 Å². The van der Waals surface area contributed by atoms with E-state index >= 15 is 0 Å². The SMILES string of the molecule is CCCC(=O)N(O)[C@@H]1N=C(c2ccccc2)c2ccccc2NC1=O. The van der Waals surface area contributed by atoms with Crippen LogP contribution in [0.4, 0.5) is 5.69 Å². The summed E-state index contributed by atoms with van der Waals surface area (Å²) >= 11 is 0. The molecule has 0 unspecified atom stereocenters. The Morgan fingerprint density at radius 1 is 1.16 bits per heavy atom. The lowest BCUT2D eigenvalue weighted by atomic mass is 10.0. The van der Waals surface area contributed by atoms with Crippen LogP contribution in [0, 0.1) is 0 Å². The number of nitrogens with one attached hydrogen (secondary N) is 1. The third-order valence-corrected chi connectivity index (χ3v) is 3.92. The molecule has 1 aliphatic rings. The van der Waals surface area contributed by atoms with Gasteiger partial charge in [-0.15, -0.1) is 0 Å². The van der Waals surface area contributed by atoms with Gasteiger partial charge in [0.2, 0.25) is 12.1 Å². The topological polar surface area (TPSA) is 82.0 Å². The van der Waals surface area contributed by atoms with Crippen molar-refractivity contribution in [2.24, 2.45) is 4.99 Å². The minimum atomic E-state index is -1.33. The zero-order valence-corrected chi connectivity index (χ0v) is 13.8. The summed E-state index contributed by atoms with van der Waals surface area (Å²) in [6.07, 6.45) is -0.620. The first-order chi connectivity index (χ1) is 12.1. The molecule has 0 aromatic heterocycles. The first-order valence-electron chi connectivity index (χ1n) is 8.16. The third kappa shape index (κ3) is 3.44. The summed E-state index contributed by atoms with van der Waals surface area (Å²) in [7, 11) is 0. The first-order valence-corrected chi connectivity index (χ1v) is 8.16. The first kappa shape index (κ1) is 16.9. The number of para-hydroxylation sites is 1. The molecule has 0 saturated heterocycles. The summed E-state index contributed by atoms with van der Waals surface area (Å²) in [5, 5.41) is 13.4. The van der Waals surface area contributed by atoms with Crippen molar-refractivity contribution in [1.29, 1.82) is 0 Å². The zero-order valence-electron chi connectivity index (χ0n) is 13.8. The number of benzodiazepines with no additional fused rings is 1. The molecule has 2 aromatic rings. The van der Waals surface area contributed by atoms with Gasteiger partial charge >= 0.3 is 0 Å². The third-order valence-electron chi connectivity index (χ3n) is 3.92. The minimum absolute atomic E-state index is 0.142. The average Bonchev–Trinajstić information content (AvgIpc) is 2.78. The highest BCUT2D eigenvalue weighted by atomic mass is 16.5. The van der Waals surface area contributed by atoms with E-state index in [1.807, 2.05) is 49.4 Å². The summed E-state index contributed by atoms with van der Waals surface area (Å²) in [6.45, 7) is 1.83. The molecule has 2 amide bonds. The Bertz CT molecular complexity index is 818. The number of hydroxylamine groups is 2. The van der Waals surface area contributed by atoms with E-state index < -0.39 is 18.0 Å². The van der Waals surface area contributed by atoms with Gasteiger partial charge in [-0.3, -0.25) is 14.8 Å². The van der Waals surface area contributed by atoms with Gasteiger partial charge in [0.25, 0.3) is 5.91 Å². The molecule has 1 atom stereocenters. The predicted octanol–water partition coefficient (Wildman–Crippen LogP) is 2.82. The van der Waals surface area contributed by atoms with Crippen LogP contribution in [0.1, 0.15) is 30.9 Å². The summed E-state index contributed by atoms with van der Waals surface area (Å²) in [5.74, 6) is -1.09. The maximum Gasteiger partial charge on any atom is 0.272 e. The molecule has 1 aliphatic heterocycles. The number of amides is 2. The Balaban J connectivity index is 2.10. The summed E-state index contributed by atoms with van der Waals surface area (Å²) in [5.41, 5.74) is 2.67. The van der Waals surface area contributed by atoms with Crippen LogP contribution in [0.2, 0.25) is 0 Å². The predicted molar refractivity (Wildman–Crippen MR) is 94.5 cm³/mol. The van der Waals surface area contributed by atoms with Gasteiger partial charge in [-0.05, 0) is 12.5 Å². The molecule has 0 fully saturated rings. The second-order valence-electron chi connectivity index (χ2n) is 5.74. The molecule has 0 spiro atoms. The van der Waals surface area contributed by atoms with Crippen molar-refractivity contribution >= 4 is 23.2 Å². The fourth-order valence-corrected chi connectivity index (χ4v) is 2.70. The smallest absolute Gasteiger partial charge is 0.272 e. The number of anilines is 1. The molecule has 2 aromatic carbocycles. The summed E-state index contributed by atoms with van der Waals surface area (Å²) in [6, 6.07) is 16.6. The number of benzene rings is 2. The molecule has 0 bridgehead atoms. The van der Waals surface area contributed by atoms with Crippen LogP contribution in [0.15, 0.2) is 59.6 Å². The second-order valence-corrected chi connectivity index (χ2v) is 5.74. The van der Waals surface area contributed by atoms with Crippen LogP contribution in [-0.4, -0.2) is 34.0 Å². The van der Waals surface area contributed by atoms with Crippen molar-refractivity contribution in [2.75, 3.05) is 5.32 Å². The molecule has 1 heterocycles. The maximum atomic E-state index is 12.5. The summed E-state index contributed by atoms with van der Waals surface area (Å²) < 4.78 is 0. The van der Waals surface area contributed by atoms with E-state index in [0.717, 1.165) is 11.1 Å². The Morgan fingerprint density at radius 2 is 1.84 bits per heavy atom. The number of nitrogens with zero attached hydrogens (tertiary/aromatic N) is 2. The Kier molecular flexibility index (Phi) is 4.90. The molecule has 6 nitrogen and oxygen atoms in total. The van der Waals surface area contributed by atoms with Gasteiger partial charge in [-0.1, -0.05) is 55.5 Å². The Labute approximate surface area is 145 Å².